The number of hydrogen-bond acceptors (Lipinski definition) is 4. The van der Waals surface area contributed by atoms with E-state index in [1.807, 2.05) is 68.4 Å². The zero-order chi connectivity index (χ0) is 22.0. The van der Waals surface area contributed by atoms with Gasteiger partial charge in [0.05, 0.1) is 12.8 Å². The molecule has 0 bridgehead atoms. The summed E-state index contributed by atoms with van der Waals surface area (Å²) in [6.45, 7) is 3.91. The number of carbonyl (C=O) groups excluding carboxylic acids is 1. The lowest BCUT2D eigenvalue weighted by Gasteiger charge is -2.07. The van der Waals surface area contributed by atoms with Gasteiger partial charge in [0.25, 0.3) is 5.91 Å². The van der Waals surface area contributed by atoms with Crippen LogP contribution in [0.25, 0.3) is 17.1 Å². The molecule has 1 amide bonds. The van der Waals surface area contributed by atoms with E-state index < -0.39 is 5.91 Å². The molecule has 0 atom stereocenters. The van der Waals surface area contributed by atoms with Crippen LogP contribution in [0.15, 0.2) is 66.7 Å². The Morgan fingerprint density at radius 2 is 1.81 bits per heavy atom. The quantitative estimate of drug-likeness (QED) is 0.454. The van der Waals surface area contributed by atoms with E-state index in [4.69, 9.17) is 16.3 Å². The lowest BCUT2D eigenvalue weighted by molar-refractivity contribution is 0.101. The molecule has 1 heterocycles. The van der Waals surface area contributed by atoms with Gasteiger partial charge in [0.1, 0.15) is 5.75 Å². The van der Waals surface area contributed by atoms with Crippen LogP contribution < -0.4 is 10.1 Å². The highest BCUT2D eigenvalue weighted by Gasteiger charge is 2.19. The molecular formula is C24H21ClN4O2. The van der Waals surface area contributed by atoms with Crippen LogP contribution in [0, 0.1) is 13.8 Å². The normalized spacial score (nSPS) is 10.7. The van der Waals surface area contributed by atoms with Crippen molar-refractivity contribution in [2.45, 2.75) is 13.8 Å². The van der Waals surface area contributed by atoms with Gasteiger partial charge in [-0.15, -0.1) is 5.10 Å². The SMILES string of the molecule is COc1ccc(-n2nc(C(=O)Nc3ccc(C)c(Cl)c3)nc2-c2cccc(C)c2)cc1. The van der Waals surface area contributed by atoms with E-state index >= 15 is 0 Å². The first-order chi connectivity index (χ1) is 14.9. The molecule has 0 saturated carbocycles. The summed E-state index contributed by atoms with van der Waals surface area (Å²) in [7, 11) is 1.61. The second kappa shape index (κ2) is 8.62. The second-order valence-corrected chi connectivity index (χ2v) is 7.56. The Bertz CT molecular complexity index is 1250. The second-order valence-electron chi connectivity index (χ2n) is 7.16. The molecule has 156 valence electrons. The van der Waals surface area contributed by atoms with Gasteiger partial charge in [-0.2, -0.15) is 0 Å². The Morgan fingerprint density at radius 1 is 1.03 bits per heavy atom. The summed E-state index contributed by atoms with van der Waals surface area (Å²) in [6.07, 6.45) is 0. The molecule has 0 aliphatic carbocycles. The number of halogens is 1. The number of rotatable bonds is 5. The summed E-state index contributed by atoms with van der Waals surface area (Å²) in [6, 6.07) is 20.7. The standard InChI is InChI=1S/C24H21ClN4O2/c1-15-5-4-6-17(13-15)23-27-22(24(30)26-18-8-7-16(2)21(25)14-18)28-29(23)19-9-11-20(31-3)12-10-19/h4-14H,1-3H3,(H,26,30). The van der Waals surface area contributed by atoms with Gasteiger partial charge >= 0.3 is 0 Å². The van der Waals surface area contributed by atoms with Gasteiger partial charge in [-0.3, -0.25) is 4.79 Å². The molecule has 3 aromatic carbocycles. The van der Waals surface area contributed by atoms with Crippen molar-refractivity contribution in [3.63, 3.8) is 0 Å². The van der Waals surface area contributed by atoms with Crippen molar-refractivity contribution in [1.82, 2.24) is 14.8 Å². The third kappa shape index (κ3) is 4.44. The number of aromatic nitrogens is 3. The fourth-order valence-electron chi connectivity index (χ4n) is 3.14. The van der Waals surface area contributed by atoms with Gasteiger partial charge in [0.2, 0.25) is 5.82 Å². The fraction of sp³-hybridized carbons (Fsp3) is 0.125. The molecule has 0 aliphatic heterocycles. The van der Waals surface area contributed by atoms with Crippen LogP contribution in [-0.2, 0) is 0 Å². The number of benzene rings is 3. The molecule has 0 saturated heterocycles. The monoisotopic (exact) mass is 432 g/mol. The predicted octanol–water partition coefficient (Wildman–Crippen LogP) is 5.47. The highest BCUT2D eigenvalue weighted by atomic mass is 35.5. The Labute approximate surface area is 185 Å². The number of methoxy groups -OCH3 is 1. The molecule has 0 fully saturated rings. The van der Waals surface area contributed by atoms with Crippen molar-refractivity contribution in [3.05, 3.63) is 88.7 Å². The van der Waals surface area contributed by atoms with E-state index in [9.17, 15) is 4.79 Å². The molecule has 0 radical (unpaired) electrons. The summed E-state index contributed by atoms with van der Waals surface area (Å²) < 4.78 is 6.90. The summed E-state index contributed by atoms with van der Waals surface area (Å²) in [5.74, 6) is 0.946. The maximum atomic E-state index is 12.9. The van der Waals surface area contributed by atoms with Gasteiger partial charge in [-0.25, -0.2) is 9.67 Å². The van der Waals surface area contributed by atoms with Crippen LogP contribution in [-0.4, -0.2) is 27.8 Å². The topological polar surface area (TPSA) is 69.0 Å². The highest BCUT2D eigenvalue weighted by Crippen LogP contribution is 2.25. The maximum absolute atomic E-state index is 12.9. The lowest BCUT2D eigenvalue weighted by Crippen LogP contribution is -2.14. The molecule has 1 aromatic heterocycles. The minimum absolute atomic E-state index is 0.0593. The van der Waals surface area contributed by atoms with Gasteiger partial charge in [0.15, 0.2) is 5.82 Å². The van der Waals surface area contributed by atoms with Crippen molar-refractivity contribution in [2.75, 3.05) is 12.4 Å². The Kier molecular flexibility index (Phi) is 5.73. The maximum Gasteiger partial charge on any atom is 0.295 e. The predicted molar refractivity (Wildman–Crippen MR) is 122 cm³/mol. The molecule has 6 nitrogen and oxygen atoms in total. The van der Waals surface area contributed by atoms with E-state index in [2.05, 4.69) is 15.4 Å². The minimum Gasteiger partial charge on any atom is -0.497 e. The smallest absolute Gasteiger partial charge is 0.295 e. The molecule has 0 spiro atoms. The van der Waals surface area contributed by atoms with Crippen molar-refractivity contribution in [3.8, 4) is 22.8 Å². The van der Waals surface area contributed by atoms with E-state index in [1.54, 1.807) is 23.9 Å². The highest BCUT2D eigenvalue weighted by molar-refractivity contribution is 6.31. The number of amides is 1. The van der Waals surface area contributed by atoms with Gasteiger partial charge in [0, 0.05) is 16.3 Å². The zero-order valence-electron chi connectivity index (χ0n) is 17.4. The van der Waals surface area contributed by atoms with Crippen molar-refractivity contribution in [2.24, 2.45) is 0 Å². The average Bonchev–Trinajstić information content (AvgIpc) is 3.22. The van der Waals surface area contributed by atoms with Gasteiger partial charge in [-0.1, -0.05) is 41.4 Å². The third-order valence-corrected chi connectivity index (χ3v) is 5.24. The van der Waals surface area contributed by atoms with Crippen molar-refractivity contribution >= 4 is 23.2 Å². The van der Waals surface area contributed by atoms with E-state index in [0.29, 0.717) is 16.5 Å². The Hall–Kier alpha value is -3.64. The molecule has 0 unspecified atom stereocenters. The molecule has 4 rings (SSSR count). The largest absolute Gasteiger partial charge is 0.497 e. The summed E-state index contributed by atoms with van der Waals surface area (Å²) in [5.41, 5.74) is 4.23. The van der Waals surface area contributed by atoms with Crippen molar-refractivity contribution < 1.29 is 9.53 Å². The first-order valence-electron chi connectivity index (χ1n) is 9.70. The summed E-state index contributed by atoms with van der Waals surface area (Å²) in [5, 5.41) is 7.89. The first kappa shape index (κ1) is 20.6. The third-order valence-electron chi connectivity index (χ3n) is 4.83. The minimum atomic E-state index is -0.416. The average molecular weight is 433 g/mol. The van der Waals surface area contributed by atoms with Crippen LogP contribution >= 0.6 is 11.6 Å². The van der Waals surface area contributed by atoms with Crippen LogP contribution in [0.5, 0.6) is 5.75 Å². The lowest BCUT2D eigenvalue weighted by atomic mass is 10.1. The van der Waals surface area contributed by atoms with Gasteiger partial charge in [-0.05, 0) is 61.9 Å². The summed E-state index contributed by atoms with van der Waals surface area (Å²) >= 11 is 6.18. The molecule has 4 aromatic rings. The van der Waals surface area contributed by atoms with Crippen LogP contribution in [0.1, 0.15) is 21.7 Å². The zero-order valence-corrected chi connectivity index (χ0v) is 18.1. The van der Waals surface area contributed by atoms with Crippen molar-refractivity contribution in [1.29, 1.82) is 0 Å². The van der Waals surface area contributed by atoms with Crippen LogP contribution in [0.3, 0.4) is 0 Å². The number of aryl methyl sites for hydroxylation is 2. The van der Waals surface area contributed by atoms with Crippen LogP contribution in [0.2, 0.25) is 5.02 Å². The molecule has 1 N–H and O–H groups in total. The fourth-order valence-corrected chi connectivity index (χ4v) is 3.32. The number of nitrogens with one attached hydrogen (secondary N) is 1. The van der Waals surface area contributed by atoms with E-state index in [1.165, 1.54) is 0 Å². The Morgan fingerprint density at radius 3 is 2.48 bits per heavy atom. The molecule has 7 heteroatoms. The number of nitrogens with zero attached hydrogens (tertiary/aromatic N) is 3. The van der Waals surface area contributed by atoms with Gasteiger partial charge < -0.3 is 10.1 Å². The van der Waals surface area contributed by atoms with E-state index in [0.717, 1.165) is 28.1 Å². The first-order valence-corrected chi connectivity index (χ1v) is 10.1. The summed E-state index contributed by atoms with van der Waals surface area (Å²) in [4.78, 5) is 17.4. The number of ether oxygens (including phenoxy) is 1. The molecule has 0 aliphatic rings. The van der Waals surface area contributed by atoms with Crippen LogP contribution in [0.4, 0.5) is 5.69 Å². The number of anilines is 1. The number of hydrogen-bond donors (Lipinski definition) is 1. The number of carbonyl (C=O) groups is 1. The molecule has 31 heavy (non-hydrogen) atoms. The van der Waals surface area contributed by atoms with E-state index in [-0.39, 0.29) is 5.82 Å². The Balaban J connectivity index is 1.74. The molecular weight excluding hydrogens is 412 g/mol.